The Morgan fingerprint density at radius 2 is 2.00 bits per heavy atom. The normalized spacial score (nSPS) is 15.3. The number of rotatable bonds is 5. The van der Waals surface area contributed by atoms with Crippen LogP contribution in [0.2, 0.25) is 5.02 Å². The van der Waals surface area contributed by atoms with E-state index in [1.807, 2.05) is 6.07 Å². The zero-order chi connectivity index (χ0) is 23.0. The Bertz CT molecular complexity index is 1210. The Morgan fingerprint density at radius 1 is 1.25 bits per heavy atom. The molecule has 2 aromatic carbocycles. The van der Waals surface area contributed by atoms with E-state index in [0.717, 1.165) is 17.7 Å². The van der Waals surface area contributed by atoms with Gasteiger partial charge in [-0.1, -0.05) is 29.8 Å². The van der Waals surface area contributed by atoms with Gasteiger partial charge in [0, 0.05) is 22.3 Å². The summed E-state index contributed by atoms with van der Waals surface area (Å²) in [6.45, 7) is 1.77. The number of nitrogens with one attached hydrogen (secondary N) is 2. The van der Waals surface area contributed by atoms with Crippen LogP contribution in [0.4, 0.5) is 24.7 Å². The molecule has 2 heterocycles. The van der Waals surface area contributed by atoms with Crippen LogP contribution in [-0.4, -0.2) is 28.0 Å². The van der Waals surface area contributed by atoms with Gasteiger partial charge in [-0.05, 0) is 36.8 Å². The first-order valence-electron chi connectivity index (χ1n) is 9.42. The van der Waals surface area contributed by atoms with Crippen LogP contribution in [0.1, 0.15) is 18.2 Å². The first kappa shape index (κ1) is 21.7. The van der Waals surface area contributed by atoms with Gasteiger partial charge in [-0.3, -0.25) is 9.59 Å². The van der Waals surface area contributed by atoms with Crippen molar-refractivity contribution >= 4 is 34.9 Å². The maximum atomic E-state index is 12.5. The highest BCUT2D eigenvalue weighted by Crippen LogP contribution is 2.39. The zero-order valence-corrected chi connectivity index (χ0v) is 17.3. The number of benzene rings is 2. The van der Waals surface area contributed by atoms with Crippen molar-refractivity contribution in [3.8, 4) is 16.9 Å². The second-order valence-corrected chi connectivity index (χ2v) is 7.53. The number of nitrogens with zero attached hydrogens (tertiary/aromatic N) is 2. The van der Waals surface area contributed by atoms with Gasteiger partial charge in [0.15, 0.2) is 0 Å². The Morgan fingerprint density at radius 3 is 2.72 bits per heavy atom. The number of aryl methyl sites for hydroxylation is 1. The second-order valence-electron chi connectivity index (χ2n) is 7.10. The third-order valence-electron chi connectivity index (χ3n) is 4.77. The van der Waals surface area contributed by atoms with Gasteiger partial charge >= 0.3 is 6.36 Å². The smallest absolute Gasteiger partial charge is 0.406 e. The summed E-state index contributed by atoms with van der Waals surface area (Å²) in [5.41, 5.74) is 2.21. The molecule has 4 rings (SSSR count). The average molecular weight is 465 g/mol. The van der Waals surface area contributed by atoms with Crippen molar-refractivity contribution in [3.63, 3.8) is 0 Å². The van der Waals surface area contributed by atoms with Gasteiger partial charge in [0.1, 0.15) is 17.6 Å². The number of hydrogen-bond donors (Lipinski definition) is 2. The van der Waals surface area contributed by atoms with Crippen molar-refractivity contribution in [1.29, 1.82) is 0 Å². The quantitative estimate of drug-likeness (QED) is 0.560. The number of anilines is 2. The van der Waals surface area contributed by atoms with Crippen LogP contribution in [0.3, 0.4) is 0 Å². The minimum absolute atomic E-state index is 0.103. The van der Waals surface area contributed by atoms with Crippen molar-refractivity contribution in [2.75, 3.05) is 10.6 Å². The third-order valence-corrected chi connectivity index (χ3v) is 5.00. The first-order chi connectivity index (χ1) is 15.1. The maximum absolute atomic E-state index is 12.5. The number of ether oxygens (including phenoxy) is 1. The summed E-state index contributed by atoms with van der Waals surface area (Å²) in [7, 11) is 0. The van der Waals surface area contributed by atoms with Crippen LogP contribution < -0.4 is 15.4 Å². The van der Waals surface area contributed by atoms with Crippen molar-refractivity contribution < 1.29 is 27.5 Å². The molecular weight excluding hydrogens is 449 g/mol. The molecule has 3 aromatic rings. The minimum Gasteiger partial charge on any atom is -0.406 e. The van der Waals surface area contributed by atoms with Crippen LogP contribution in [0.25, 0.3) is 11.1 Å². The molecule has 1 unspecified atom stereocenters. The van der Waals surface area contributed by atoms with Crippen molar-refractivity contribution in [1.82, 2.24) is 9.78 Å². The lowest BCUT2D eigenvalue weighted by Crippen LogP contribution is -2.24. The van der Waals surface area contributed by atoms with E-state index in [9.17, 15) is 22.8 Å². The van der Waals surface area contributed by atoms with Crippen LogP contribution in [0.5, 0.6) is 5.75 Å². The summed E-state index contributed by atoms with van der Waals surface area (Å²) in [6, 6.07) is 11.1. The maximum Gasteiger partial charge on any atom is 0.573 e. The van der Waals surface area contributed by atoms with E-state index >= 15 is 0 Å². The largest absolute Gasteiger partial charge is 0.573 e. The van der Waals surface area contributed by atoms with E-state index < -0.39 is 30.0 Å². The molecule has 166 valence electrons. The Kier molecular flexibility index (Phi) is 5.55. The molecule has 0 saturated heterocycles. The molecular formula is C21H16ClF3N4O3. The number of carbonyl (C=O) groups excluding carboxylic acids is 2. The molecule has 2 N–H and O–H groups in total. The molecule has 0 radical (unpaired) electrons. The van der Waals surface area contributed by atoms with Gasteiger partial charge in [-0.15, -0.1) is 13.2 Å². The van der Waals surface area contributed by atoms with Crippen molar-refractivity contribution in [3.05, 3.63) is 59.2 Å². The van der Waals surface area contributed by atoms with E-state index in [1.54, 1.807) is 25.1 Å². The molecule has 1 aromatic heterocycles. The van der Waals surface area contributed by atoms with Gasteiger partial charge in [-0.2, -0.15) is 5.10 Å². The predicted molar refractivity (Wildman–Crippen MR) is 111 cm³/mol. The van der Waals surface area contributed by atoms with E-state index in [2.05, 4.69) is 20.5 Å². The summed E-state index contributed by atoms with van der Waals surface area (Å²) >= 11 is 6.08. The molecule has 1 aliphatic heterocycles. The molecule has 0 bridgehead atoms. The average Bonchev–Trinajstić information content (AvgIpc) is 3.14. The number of aromatic nitrogens is 2. The summed E-state index contributed by atoms with van der Waals surface area (Å²) in [5, 5.41) is 10.2. The number of amides is 2. The van der Waals surface area contributed by atoms with Gasteiger partial charge in [-0.25, -0.2) is 4.68 Å². The number of fused-ring (bicyclic) bond motifs is 1. The topological polar surface area (TPSA) is 85.2 Å². The van der Waals surface area contributed by atoms with Gasteiger partial charge in [0.05, 0.1) is 12.1 Å². The molecule has 1 atom stereocenters. The predicted octanol–water partition coefficient (Wildman–Crippen LogP) is 4.93. The standard InChI is InChI=1S/C21H16ClF3N4O3/c1-11-18(12-4-2-5-13(22)8-12)19-27-20(31)16(29(19)28-11)10-17(30)26-14-6-3-7-15(9-14)32-21(23,24)25/h2-9,16H,10H2,1H3,(H,26,30)(H,27,31). The highest BCUT2D eigenvalue weighted by atomic mass is 35.5. The Hall–Kier alpha value is -3.53. The molecule has 0 aliphatic carbocycles. The lowest BCUT2D eigenvalue weighted by atomic mass is 10.1. The highest BCUT2D eigenvalue weighted by molar-refractivity contribution is 6.30. The fourth-order valence-corrected chi connectivity index (χ4v) is 3.72. The number of carbonyl (C=O) groups is 2. The van der Waals surface area contributed by atoms with E-state index in [4.69, 9.17) is 11.6 Å². The molecule has 2 amide bonds. The van der Waals surface area contributed by atoms with Crippen molar-refractivity contribution in [2.24, 2.45) is 0 Å². The first-order valence-corrected chi connectivity index (χ1v) is 9.80. The van der Waals surface area contributed by atoms with Gasteiger partial charge < -0.3 is 15.4 Å². The van der Waals surface area contributed by atoms with Crippen LogP contribution >= 0.6 is 11.6 Å². The second kappa shape index (κ2) is 8.19. The van der Waals surface area contributed by atoms with Crippen LogP contribution in [0, 0.1) is 6.92 Å². The highest BCUT2D eigenvalue weighted by Gasteiger charge is 2.36. The number of hydrogen-bond acceptors (Lipinski definition) is 4. The number of halogens is 4. The summed E-state index contributed by atoms with van der Waals surface area (Å²) in [5.74, 6) is -1.00. The fraction of sp³-hybridized carbons (Fsp3) is 0.190. The lowest BCUT2D eigenvalue weighted by molar-refractivity contribution is -0.274. The molecule has 7 nitrogen and oxygen atoms in total. The molecule has 0 fully saturated rings. The summed E-state index contributed by atoms with van der Waals surface area (Å²) < 4.78 is 42.5. The van der Waals surface area contributed by atoms with Gasteiger partial charge in [0.25, 0.3) is 5.91 Å². The molecule has 1 aliphatic rings. The Labute approximate surface area is 185 Å². The Balaban J connectivity index is 1.52. The molecule has 0 spiro atoms. The molecule has 32 heavy (non-hydrogen) atoms. The van der Waals surface area contributed by atoms with Crippen molar-refractivity contribution in [2.45, 2.75) is 25.7 Å². The summed E-state index contributed by atoms with van der Waals surface area (Å²) in [6.07, 6.45) is -5.11. The lowest BCUT2D eigenvalue weighted by Gasteiger charge is -2.12. The van der Waals surface area contributed by atoms with Crippen LogP contribution in [0.15, 0.2) is 48.5 Å². The van der Waals surface area contributed by atoms with E-state index in [-0.39, 0.29) is 12.1 Å². The van der Waals surface area contributed by atoms with Gasteiger partial charge in [0.2, 0.25) is 5.91 Å². The van der Waals surface area contributed by atoms with Crippen LogP contribution in [-0.2, 0) is 9.59 Å². The molecule has 0 saturated carbocycles. The minimum atomic E-state index is -4.85. The van der Waals surface area contributed by atoms with E-state index in [1.165, 1.54) is 16.8 Å². The fourth-order valence-electron chi connectivity index (χ4n) is 3.53. The third kappa shape index (κ3) is 4.54. The summed E-state index contributed by atoms with van der Waals surface area (Å²) in [4.78, 5) is 25.0. The van der Waals surface area contributed by atoms with E-state index in [0.29, 0.717) is 22.1 Å². The number of alkyl halides is 3. The SMILES string of the molecule is Cc1nn2c(c1-c1cccc(Cl)c1)NC(=O)C2CC(=O)Nc1cccc(OC(F)(F)F)c1. The zero-order valence-electron chi connectivity index (χ0n) is 16.5. The monoisotopic (exact) mass is 464 g/mol. The molecule has 11 heteroatoms.